The molecule has 3 aromatic rings. The van der Waals surface area contributed by atoms with Crippen molar-refractivity contribution in [2.24, 2.45) is 4.99 Å². The van der Waals surface area contributed by atoms with Crippen LogP contribution in [0.1, 0.15) is 43.4 Å². The molecule has 4 rings (SSSR count). The summed E-state index contributed by atoms with van der Waals surface area (Å²) in [5, 5.41) is 8.18. The lowest BCUT2D eigenvalue weighted by Crippen LogP contribution is -2.52. The van der Waals surface area contributed by atoms with Crippen molar-refractivity contribution < 1.29 is 14.4 Å². The Morgan fingerprint density at radius 3 is 2.27 bits per heavy atom. The third-order valence-corrected chi connectivity index (χ3v) is 6.24. The summed E-state index contributed by atoms with van der Waals surface area (Å²) < 4.78 is 0. The smallest absolute Gasteiger partial charge is 0.319 e. The van der Waals surface area contributed by atoms with Crippen molar-refractivity contribution in [3.05, 3.63) is 95.6 Å². The minimum absolute atomic E-state index is 0.219. The molecule has 0 spiro atoms. The molecule has 1 heterocycles. The van der Waals surface area contributed by atoms with Gasteiger partial charge in [-0.2, -0.15) is 0 Å². The van der Waals surface area contributed by atoms with Crippen molar-refractivity contribution in [1.82, 2.24) is 10.6 Å². The number of para-hydroxylation sites is 2. The van der Waals surface area contributed by atoms with Gasteiger partial charge in [0, 0.05) is 23.9 Å². The van der Waals surface area contributed by atoms with Gasteiger partial charge in [-0.15, -0.1) is 0 Å². The molecule has 8 nitrogen and oxygen atoms in total. The molecule has 0 fully saturated rings. The van der Waals surface area contributed by atoms with Gasteiger partial charge < -0.3 is 20.9 Å². The summed E-state index contributed by atoms with van der Waals surface area (Å²) in [6, 6.07) is 23.1. The predicted molar refractivity (Wildman–Crippen MR) is 146 cm³/mol. The fourth-order valence-electron chi connectivity index (χ4n) is 4.24. The average Bonchev–Trinajstić information content (AvgIpc) is 3.00. The first-order chi connectivity index (χ1) is 17.8. The maximum absolute atomic E-state index is 13.3. The highest BCUT2D eigenvalue weighted by molar-refractivity contribution is 6.20. The Kier molecular flexibility index (Phi) is 7.67. The maximum Gasteiger partial charge on any atom is 0.319 e. The quantitative estimate of drug-likeness (QED) is 0.474. The van der Waals surface area contributed by atoms with Gasteiger partial charge in [0.1, 0.15) is 6.04 Å². The zero-order valence-electron chi connectivity index (χ0n) is 21.4. The number of amides is 4. The van der Waals surface area contributed by atoms with E-state index in [0.717, 1.165) is 16.7 Å². The van der Waals surface area contributed by atoms with Crippen molar-refractivity contribution in [3.63, 3.8) is 0 Å². The van der Waals surface area contributed by atoms with E-state index in [0.29, 0.717) is 17.1 Å². The molecule has 4 amide bonds. The van der Waals surface area contributed by atoms with Gasteiger partial charge >= 0.3 is 6.03 Å². The van der Waals surface area contributed by atoms with Gasteiger partial charge in [-0.05, 0) is 30.5 Å². The fourth-order valence-corrected chi connectivity index (χ4v) is 4.24. The van der Waals surface area contributed by atoms with Crippen LogP contribution in [-0.2, 0) is 9.59 Å². The van der Waals surface area contributed by atoms with Crippen LogP contribution in [0.4, 0.5) is 16.2 Å². The molecule has 0 unspecified atom stereocenters. The highest BCUT2D eigenvalue weighted by Gasteiger charge is 2.32. The van der Waals surface area contributed by atoms with Crippen LogP contribution in [0, 0.1) is 0 Å². The number of aliphatic imine (C=N–C) groups is 1. The van der Waals surface area contributed by atoms with Gasteiger partial charge in [-0.3, -0.25) is 9.59 Å². The molecule has 0 aliphatic carbocycles. The maximum atomic E-state index is 13.3. The van der Waals surface area contributed by atoms with Crippen molar-refractivity contribution in [2.75, 3.05) is 17.3 Å². The van der Waals surface area contributed by atoms with Crippen molar-refractivity contribution in [2.45, 2.75) is 38.9 Å². The first kappa shape index (κ1) is 25.6. The Hall–Kier alpha value is -4.46. The highest BCUT2D eigenvalue weighted by Crippen LogP contribution is 2.27. The van der Waals surface area contributed by atoms with Crippen molar-refractivity contribution >= 4 is 34.9 Å². The van der Waals surface area contributed by atoms with Gasteiger partial charge in [0.15, 0.2) is 0 Å². The number of benzene rings is 3. The predicted octanol–water partition coefficient (Wildman–Crippen LogP) is 4.28. The van der Waals surface area contributed by atoms with Crippen LogP contribution in [0.25, 0.3) is 0 Å². The number of hydrogen-bond donors (Lipinski definition) is 3. The van der Waals surface area contributed by atoms with E-state index in [4.69, 9.17) is 0 Å². The third-order valence-electron chi connectivity index (χ3n) is 6.24. The average molecular weight is 498 g/mol. The van der Waals surface area contributed by atoms with E-state index in [2.05, 4.69) is 20.9 Å². The van der Waals surface area contributed by atoms with Gasteiger partial charge in [-0.25, -0.2) is 9.79 Å². The second kappa shape index (κ2) is 11.1. The molecule has 3 aromatic carbocycles. The first-order valence-electron chi connectivity index (χ1n) is 12.2. The van der Waals surface area contributed by atoms with E-state index in [9.17, 15) is 14.4 Å². The largest absolute Gasteiger partial charge is 0.326 e. The van der Waals surface area contributed by atoms with E-state index in [-0.39, 0.29) is 11.8 Å². The monoisotopic (exact) mass is 497 g/mol. The number of fused-ring (bicyclic) bond motifs is 1. The minimum Gasteiger partial charge on any atom is -0.326 e. The summed E-state index contributed by atoms with van der Waals surface area (Å²) in [6.07, 6.45) is -1.16. The molecule has 190 valence electrons. The molecule has 0 bridgehead atoms. The molecule has 1 aliphatic rings. The molecule has 1 aliphatic heterocycles. The van der Waals surface area contributed by atoms with E-state index in [1.807, 2.05) is 92.7 Å². The molecule has 3 N–H and O–H groups in total. The molecule has 0 saturated heterocycles. The Morgan fingerprint density at radius 2 is 1.54 bits per heavy atom. The molecule has 37 heavy (non-hydrogen) atoms. The Morgan fingerprint density at radius 1 is 0.892 bits per heavy atom. The van der Waals surface area contributed by atoms with Gasteiger partial charge in [0.2, 0.25) is 12.1 Å². The molecular formula is C29H31N5O3. The van der Waals surface area contributed by atoms with Crippen LogP contribution in [0.3, 0.4) is 0 Å². The van der Waals surface area contributed by atoms with Crippen LogP contribution in [0.2, 0.25) is 0 Å². The number of benzodiazepines with no additional fused rings is 1. The molecule has 0 saturated carbocycles. The summed E-state index contributed by atoms with van der Waals surface area (Å²) in [7, 11) is 1.66. The number of hydrogen-bond acceptors (Lipinski definition) is 4. The number of anilines is 2. The van der Waals surface area contributed by atoms with E-state index in [1.54, 1.807) is 14.0 Å². The Labute approximate surface area is 216 Å². The van der Waals surface area contributed by atoms with Crippen LogP contribution >= 0.6 is 0 Å². The summed E-state index contributed by atoms with van der Waals surface area (Å²) in [5.74, 6) is -0.688. The number of carbonyl (C=O) groups is 3. The van der Waals surface area contributed by atoms with Gasteiger partial charge in [0.05, 0.1) is 11.4 Å². The number of likely N-dealkylation sites (N-methyl/N-ethyl adjacent to an activating group) is 1. The topological polar surface area (TPSA) is 103 Å². The molecule has 0 aromatic heterocycles. The number of rotatable bonds is 6. The number of carbonyl (C=O) groups excluding carboxylic acids is 3. The van der Waals surface area contributed by atoms with Crippen molar-refractivity contribution in [3.8, 4) is 0 Å². The standard InChI is InChI=1S/C29H31N5O3/c1-18(2)21-14-8-10-16-23(21)31-29(37)30-19(3)27(35)33-26-28(36)34(4)24-17-11-9-15-22(24)25(32-26)20-12-6-5-7-13-20/h5-19,26H,1-4H3,(H,33,35)(H2,30,31,37)/t19-,26+/m0/s1. The van der Waals surface area contributed by atoms with Crippen LogP contribution < -0.4 is 20.9 Å². The summed E-state index contributed by atoms with van der Waals surface area (Å²) in [4.78, 5) is 45.2. The normalized spacial score (nSPS) is 15.8. The second-order valence-electron chi connectivity index (χ2n) is 9.23. The number of nitrogens with zero attached hydrogens (tertiary/aromatic N) is 2. The van der Waals surface area contributed by atoms with Crippen LogP contribution in [-0.4, -0.2) is 42.8 Å². The zero-order chi connectivity index (χ0) is 26.5. The van der Waals surface area contributed by atoms with Crippen LogP contribution in [0.15, 0.2) is 83.9 Å². The first-order valence-corrected chi connectivity index (χ1v) is 12.2. The van der Waals surface area contributed by atoms with E-state index < -0.39 is 24.1 Å². The lowest BCUT2D eigenvalue weighted by molar-refractivity contribution is -0.128. The summed E-state index contributed by atoms with van der Waals surface area (Å²) >= 11 is 0. The summed E-state index contributed by atoms with van der Waals surface area (Å²) in [5.41, 5.74) is 4.58. The lowest BCUT2D eigenvalue weighted by Gasteiger charge is -2.22. The molecule has 2 atom stereocenters. The zero-order valence-corrected chi connectivity index (χ0v) is 21.4. The van der Waals surface area contributed by atoms with E-state index in [1.165, 1.54) is 4.90 Å². The van der Waals surface area contributed by atoms with E-state index >= 15 is 0 Å². The SMILES string of the molecule is CC(C)c1ccccc1NC(=O)N[C@@H](C)C(=O)N[C@H]1N=C(c2ccccc2)c2ccccc2N(C)C1=O. The Bertz CT molecular complexity index is 1340. The third kappa shape index (κ3) is 5.69. The minimum atomic E-state index is -1.16. The fraction of sp³-hybridized carbons (Fsp3) is 0.241. The van der Waals surface area contributed by atoms with Crippen molar-refractivity contribution in [1.29, 1.82) is 0 Å². The molecule has 0 radical (unpaired) electrons. The van der Waals surface area contributed by atoms with Gasteiger partial charge in [0.25, 0.3) is 5.91 Å². The number of urea groups is 1. The highest BCUT2D eigenvalue weighted by atomic mass is 16.2. The van der Waals surface area contributed by atoms with Crippen LogP contribution in [0.5, 0.6) is 0 Å². The molecular weight excluding hydrogens is 466 g/mol. The van der Waals surface area contributed by atoms with Gasteiger partial charge in [-0.1, -0.05) is 80.6 Å². The lowest BCUT2D eigenvalue weighted by atomic mass is 10.0. The second-order valence-corrected chi connectivity index (χ2v) is 9.23. The Balaban J connectivity index is 1.53. The molecule has 8 heteroatoms. The summed E-state index contributed by atoms with van der Waals surface area (Å²) in [6.45, 7) is 5.64. The number of nitrogens with one attached hydrogen (secondary N) is 3.